The first-order chi connectivity index (χ1) is 7.42. The fourth-order valence-electron chi connectivity index (χ4n) is 1.53. The van der Waals surface area contributed by atoms with Crippen molar-refractivity contribution in [2.45, 2.75) is 12.5 Å². The topological polar surface area (TPSA) is 63.6 Å². The summed E-state index contributed by atoms with van der Waals surface area (Å²) in [6.07, 6.45) is 0.488. The molecule has 0 bridgehead atoms. The Morgan fingerprint density at radius 3 is 2.56 bits per heavy atom. The van der Waals surface area contributed by atoms with Crippen LogP contribution in [-0.4, -0.2) is 38.7 Å². The van der Waals surface area contributed by atoms with Crippen molar-refractivity contribution in [3.8, 4) is 5.75 Å². The van der Waals surface area contributed by atoms with Gasteiger partial charge in [-0.25, -0.2) is 8.42 Å². The van der Waals surface area contributed by atoms with Gasteiger partial charge in [-0.3, -0.25) is 0 Å². The van der Waals surface area contributed by atoms with Crippen LogP contribution in [-0.2, 0) is 16.3 Å². The molecule has 0 spiro atoms. The first kappa shape index (κ1) is 13.0. The minimum absolute atomic E-state index is 0.231. The Balaban J connectivity index is 2.73. The van der Waals surface area contributed by atoms with Crippen LogP contribution in [0.15, 0.2) is 24.3 Å². The number of benzene rings is 1. The van der Waals surface area contributed by atoms with Crippen LogP contribution in [0.3, 0.4) is 0 Å². The van der Waals surface area contributed by atoms with Gasteiger partial charge in [0, 0.05) is 12.7 Å². The van der Waals surface area contributed by atoms with E-state index in [1.807, 2.05) is 18.2 Å². The van der Waals surface area contributed by atoms with Crippen LogP contribution in [0.25, 0.3) is 0 Å². The summed E-state index contributed by atoms with van der Waals surface area (Å²) in [5.74, 6) is 0.431. The molecule has 0 radical (unpaired) electrons. The molecule has 0 heterocycles. The summed E-state index contributed by atoms with van der Waals surface area (Å²) in [5, 5.41) is 9.62. The van der Waals surface area contributed by atoms with Crippen LogP contribution >= 0.6 is 0 Å². The molecular weight excluding hydrogens is 228 g/mol. The molecule has 0 saturated carbocycles. The highest BCUT2D eigenvalue weighted by molar-refractivity contribution is 7.90. The second-order valence-corrected chi connectivity index (χ2v) is 5.95. The van der Waals surface area contributed by atoms with E-state index < -0.39 is 15.9 Å². The Bertz CT molecular complexity index is 439. The van der Waals surface area contributed by atoms with Crippen molar-refractivity contribution >= 4 is 9.84 Å². The molecule has 0 amide bonds. The molecule has 1 atom stereocenters. The largest absolute Gasteiger partial charge is 0.496 e. The first-order valence-electron chi connectivity index (χ1n) is 4.90. The minimum Gasteiger partial charge on any atom is -0.496 e. The van der Waals surface area contributed by atoms with Gasteiger partial charge in [-0.2, -0.15) is 0 Å². The van der Waals surface area contributed by atoms with Crippen molar-refractivity contribution in [1.29, 1.82) is 0 Å². The Labute approximate surface area is 95.8 Å². The van der Waals surface area contributed by atoms with E-state index in [4.69, 9.17) is 4.74 Å². The molecule has 0 aromatic heterocycles. The molecule has 1 rings (SSSR count). The third-order valence-corrected chi connectivity index (χ3v) is 3.13. The van der Waals surface area contributed by atoms with Crippen molar-refractivity contribution in [3.05, 3.63) is 29.8 Å². The summed E-state index contributed by atoms with van der Waals surface area (Å²) in [5.41, 5.74) is 0.807. The van der Waals surface area contributed by atoms with Gasteiger partial charge in [-0.1, -0.05) is 18.2 Å². The van der Waals surface area contributed by atoms with Gasteiger partial charge in [0.05, 0.1) is 19.0 Å². The maximum Gasteiger partial charge on any atom is 0.150 e. The number of rotatable bonds is 5. The van der Waals surface area contributed by atoms with E-state index >= 15 is 0 Å². The van der Waals surface area contributed by atoms with Crippen LogP contribution in [0.1, 0.15) is 5.56 Å². The highest BCUT2D eigenvalue weighted by atomic mass is 32.2. The van der Waals surface area contributed by atoms with E-state index in [-0.39, 0.29) is 12.2 Å². The fourth-order valence-corrected chi connectivity index (χ4v) is 2.35. The van der Waals surface area contributed by atoms with E-state index in [1.54, 1.807) is 13.2 Å². The predicted molar refractivity (Wildman–Crippen MR) is 62.4 cm³/mol. The molecule has 0 aliphatic rings. The molecule has 1 N–H and O–H groups in total. The zero-order chi connectivity index (χ0) is 12.2. The molecule has 1 unspecified atom stereocenters. The number of hydrogen-bond donors (Lipinski definition) is 1. The predicted octanol–water partition coefficient (Wildman–Crippen LogP) is 0.643. The molecular formula is C11H16O4S. The van der Waals surface area contributed by atoms with Gasteiger partial charge in [0.2, 0.25) is 0 Å². The smallest absolute Gasteiger partial charge is 0.150 e. The molecule has 90 valence electrons. The van der Waals surface area contributed by atoms with Gasteiger partial charge in [-0.05, 0) is 11.6 Å². The Kier molecular flexibility index (Phi) is 4.32. The number of sulfone groups is 1. The average Bonchev–Trinajstić information content (AvgIpc) is 2.15. The molecule has 5 heteroatoms. The van der Waals surface area contributed by atoms with E-state index in [0.717, 1.165) is 11.8 Å². The van der Waals surface area contributed by atoms with Crippen LogP contribution in [0.5, 0.6) is 5.75 Å². The van der Waals surface area contributed by atoms with E-state index in [2.05, 4.69) is 0 Å². The zero-order valence-corrected chi connectivity index (χ0v) is 10.2. The maximum atomic E-state index is 11.0. The number of hydrogen-bond acceptors (Lipinski definition) is 4. The summed E-state index contributed by atoms with van der Waals surface area (Å²) in [6.45, 7) is 0. The van der Waals surface area contributed by atoms with Gasteiger partial charge < -0.3 is 9.84 Å². The monoisotopic (exact) mass is 244 g/mol. The Morgan fingerprint density at radius 2 is 2.00 bits per heavy atom. The van der Waals surface area contributed by atoms with Gasteiger partial charge in [-0.15, -0.1) is 0 Å². The van der Waals surface area contributed by atoms with Gasteiger partial charge in [0.15, 0.2) is 0 Å². The molecule has 0 aliphatic carbocycles. The third-order valence-electron chi connectivity index (χ3n) is 2.14. The molecule has 4 nitrogen and oxygen atoms in total. The van der Waals surface area contributed by atoms with Crippen LogP contribution in [0.4, 0.5) is 0 Å². The molecule has 0 aliphatic heterocycles. The average molecular weight is 244 g/mol. The van der Waals surface area contributed by atoms with Crippen LogP contribution in [0, 0.1) is 0 Å². The zero-order valence-electron chi connectivity index (χ0n) is 9.38. The highest BCUT2D eigenvalue weighted by Gasteiger charge is 2.14. The van der Waals surface area contributed by atoms with Crippen molar-refractivity contribution in [1.82, 2.24) is 0 Å². The lowest BCUT2D eigenvalue weighted by atomic mass is 10.1. The lowest BCUT2D eigenvalue weighted by molar-refractivity contribution is 0.196. The lowest BCUT2D eigenvalue weighted by Gasteiger charge is -2.12. The summed E-state index contributed by atoms with van der Waals surface area (Å²) >= 11 is 0. The Hall–Kier alpha value is -1.07. The van der Waals surface area contributed by atoms with Crippen LogP contribution in [0.2, 0.25) is 0 Å². The second-order valence-electron chi connectivity index (χ2n) is 3.76. The summed E-state index contributed by atoms with van der Waals surface area (Å²) in [6, 6.07) is 7.24. The number of methoxy groups -OCH3 is 1. The van der Waals surface area contributed by atoms with Gasteiger partial charge in [0.1, 0.15) is 15.6 Å². The molecule has 0 saturated heterocycles. The van der Waals surface area contributed by atoms with Crippen molar-refractivity contribution < 1.29 is 18.3 Å². The number of aliphatic hydroxyl groups excluding tert-OH is 1. The van der Waals surface area contributed by atoms with Crippen molar-refractivity contribution in [2.75, 3.05) is 19.1 Å². The fraction of sp³-hybridized carbons (Fsp3) is 0.455. The standard InChI is InChI=1S/C11H16O4S/c1-15-11-6-4-3-5-9(11)7-10(12)8-16(2,13)14/h3-6,10,12H,7-8H2,1-2H3. The number of aliphatic hydroxyl groups is 1. The van der Waals surface area contributed by atoms with Crippen molar-refractivity contribution in [3.63, 3.8) is 0 Å². The maximum absolute atomic E-state index is 11.0. The van der Waals surface area contributed by atoms with E-state index in [0.29, 0.717) is 5.75 Å². The SMILES string of the molecule is COc1ccccc1CC(O)CS(C)(=O)=O. The normalized spacial score (nSPS) is 13.4. The minimum atomic E-state index is -3.15. The highest BCUT2D eigenvalue weighted by Crippen LogP contribution is 2.19. The molecule has 1 aromatic carbocycles. The first-order valence-corrected chi connectivity index (χ1v) is 6.96. The second kappa shape index (κ2) is 5.32. The Morgan fingerprint density at radius 1 is 1.38 bits per heavy atom. The number of para-hydroxylation sites is 1. The molecule has 16 heavy (non-hydrogen) atoms. The summed E-state index contributed by atoms with van der Waals surface area (Å²) in [7, 11) is -1.61. The van der Waals surface area contributed by atoms with Gasteiger partial charge >= 0.3 is 0 Å². The summed E-state index contributed by atoms with van der Waals surface area (Å²) in [4.78, 5) is 0. The third kappa shape index (κ3) is 4.20. The summed E-state index contributed by atoms with van der Waals surface area (Å²) < 4.78 is 27.1. The van der Waals surface area contributed by atoms with E-state index in [9.17, 15) is 13.5 Å². The van der Waals surface area contributed by atoms with Crippen molar-refractivity contribution in [2.24, 2.45) is 0 Å². The van der Waals surface area contributed by atoms with Crippen LogP contribution < -0.4 is 4.74 Å². The van der Waals surface area contributed by atoms with E-state index in [1.165, 1.54) is 0 Å². The van der Waals surface area contributed by atoms with Gasteiger partial charge in [0.25, 0.3) is 0 Å². The lowest BCUT2D eigenvalue weighted by Crippen LogP contribution is -2.22. The number of ether oxygens (including phenoxy) is 1. The molecule has 0 fully saturated rings. The molecule has 1 aromatic rings. The quantitative estimate of drug-likeness (QED) is 0.825.